The Labute approximate surface area is 582 Å². The molecule has 0 saturated heterocycles. The summed E-state index contributed by atoms with van der Waals surface area (Å²) in [5.74, 6) is 0. The lowest BCUT2D eigenvalue weighted by Crippen LogP contribution is -2.02. The van der Waals surface area contributed by atoms with E-state index in [0.717, 1.165) is 33.4 Å². The van der Waals surface area contributed by atoms with Gasteiger partial charge in [0.15, 0.2) is 0 Å². The van der Waals surface area contributed by atoms with Crippen molar-refractivity contribution < 1.29 is 0 Å². The van der Waals surface area contributed by atoms with Gasteiger partial charge in [0.2, 0.25) is 0 Å². The quantitative estimate of drug-likeness (QED) is 0.120. The molecule has 0 atom stereocenters. The fourth-order valence-corrected chi connectivity index (χ4v) is 16.4. The molecule has 100 heavy (non-hydrogen) atoms. The third kappa shape index (κ3) is 9.90. The maximum absolute atomic E-state index is 2.42. The first-order chi connectivity index (χ1) is 49.4. The van der Waals surface area contributed by atoms with E-state index in [-0.39, 0.29) is 0 Å². The van der Waals surface area contributed by atoms with Crippen molar-refractivity contribution in [2.45, 2.75) is 13.8 Å². The summed E-state index contributed by atoms with van der Waals surface area (Å²) in [5.41, 5.74) is 25.8. The molecule has 0 heterocycles. The highest BCUT2D eigenvalue weighted by Gasteiger charge is 2.30. The van der Waals surface area contributed by atoms with Gasteiger partial charge in [-0.1, -0.05) is 351 Å². The molecule has 0 fully saturated rings. The Morgan fingerprint density at radius 2 is 0.240 bits per heavy atom. The van der Waals surface area contributed by atoms with E-state index in [2.05, 4.69) is 378 Å². The van der Waals surface area contributed by atoms with Crippen LogP contribution in [0.2, 0.25) is 0 Å². The van der Waals surface area contributed by atoms with Crippen LogP contribution in [-0.2, 0) is 0 Å². The average Bonchev–Trinajstić information content (AvgIpc) is 0.717. The number of benzene rings is 19. The molecule has 0 unspecified atom stereocenters. The third-order valence-corrected chi connectivity index (χ3v) is 21.1. The summed E-state index contributed by atoms with van der Waals surface area (Å²) in [6, 6.07) is 137. The van der Waals surface area contributed by atoms with Crippen LogP contribution < -0.4 is 0 Å². The molecular weight excluding hydrogens is 1200 g/mol. The van der Waals surface area contributed by atoms with Gasteiger partial charge in [-0.25, -0.2) is 0 Å². The fourth-order valence-electron chi connectivity index (χ4n) is 16.4. The Hall–Kier alpha value is -12.7. The van der Waals surface area contributed by atoms with Gasteiger partial charge in [-0.2, -0.15) is 0 Å². The smallest absolute Gasteiger partial charge is 0.00139 e. The fraction of sp³-hybridized carbons (Fsp3) is 0.0200. The van der Waals surface area contributed by atoms with E-state index in [9.17, 15) is 0 Å². The molecule has 0 saturated carbocycles. The lowest BCUT2D eigenvalue weighted by molar-refractivity contribution is 1.45. The molecule has 466 valence electrons. The van der Waals surface area contributed by atoms with Crippen LogP contribution in [0.1, 0.15) is 11.1 Å². The number of rotatable bonds is 10. The first-order valence-electron chi connectivity index (χ1n) is 34.9. The standard InChI is InChI=1S/C100H66/c1-63-35-39-69(40-36-63)95-97(71-51-43-65(44-52-71)91-83-27-11-3-19-75(83)59-76-20-4-12-28-84(76)91)99(73-55-47-67(48-56-73)93-87-31-15-7-23-79(87)61-80-24-8-16-32-88(80)93)96(70-41-37-64(2)38-42-70)100(74-57-49-68(50-58-74)94-89-33-17-9-25-81(89)62-82-26-10-18-34-90(82)94)98(95)72-53-45-66(46-54-72)92-85-29-13-5-21-77(85)60-78-22-6-14-30-86(78)92/h3-62H,1-2H3. The average molecular weight is 1270 g/mol. The van der Waals surface area contributed by atoms with E-state index in [1.165, 1.54) is 175 Å². The lowest BCUT2D eigenvalue weighted by atomic mass is 9.73. The number of aryl methyl sites for hydroxylation is 2. The van der Waals surface area contributed by atoms with Crippen LogP contribution in [0.25, 0.3) is 197 Å². The van der Waals surface area contributed by atoms with Crippen molar-refractivity contribution in [2.75, 3.05) is 0 Å². The Morgan fingerprint density at radius 3 is 0.390 bits per heavy atom. The largest absolute Gasteiger partial charge is 0.0616 e. The molecule has 0 heteroatoms. The summed E-state index contributed by atoms with van der Waals surface area (Å²) >= 11 is 0. The highest BCUT2D eigenvalue weighted by atomic mass is 14.3. The highest BCUT2D eigenvalue weighted by Crippen LogP contribution is 2.57. The molecule has 19 aromatic rings. The van der Waals surface area contributed by atoms with Crippen LogP contribution in [0.4, 0.5) is 0 Å². The summed E-state index contributed by atoms with van der Waals surface area (Å²) < 4.78 is 0. The molecule has 0 N–H and O–H groups in total. The normalized spacial score (nSPS) is 11.7. The minimum atomic E-state index is 1.13. The summed E-state index contributed by atoms with van der Waals surface area (Å²) in [4.78, 5) is 0. The van der Waals surface area contributed by atoms with Crippen LogP contribution in [0, 0.1) is 13.8 Å². The summed E-state index contributed by atoms with van der Waals surface area (Å²) in [7, 11) is 0. The minimum absolute atomic E-state index is 1.13. The van der Waals surface area contributed by atoms with Gasteiger partial charge in [-0.05, 0) is 236 Å². The highest BCUT2D eigenvalue weighted by molar-refractivity contribution is 6.20. The first-order valence-corrected chi connectivity index (χ1v) is 34.9. The zero-order valence-corrected chi connectivity index (χ0v) is 55.6. The zero-order chi connectivity index (χ0) is 66.4. The molecule has 19 rings (SSSR count). The SMILES string of the molecule is Cc1ccc(-c2c(-c3ccc(-c4c5ccccc5cc5ccccc45)cc3)c(-c3ccc(-c4c5ccccc5cc5ccccc45)cc3)c(-c3ccc(C)cc3)c(-c3ccc(-c4c5ccccc5cc5ccccc45)cc3)c2-c2ccc(-c3c4ccccc4cc4ccccc34)cc2)cc1. The molecule has 0 amide bonds. The predicted molar refractivity (Wildman–Crippen MR) is 430 cm³/mol. The van der Waals surface area contributed by atoms with Gasteiger partial charge in [0.1, 0.15) is 0 Å². The van der Waals surface area contributed by atoms with E-state index >= 15 is 0 Å². The van der Waals surface area contributed by atoms with Crippen molar-refractivity contribution >= 4 is 86.2 Å². The van der Waals surface area contributed by atoms with Crippen LogP contribution in [0.5, 0.6) is 0 Å². The van der Waals surface area contributed by atoms with Gasteiger partial charge in [-0.15, -0.1) is 0 Å². The van der Waals surface area contributed by atoms with Crippen molar-refractivity contribution in [3.63, 3.8) is 0 Å². The molecule has 0 spiro atoms. The van der Waals surface area contributed by atoms with Gasteiger partial charge < -0.3 is 0 Å². The van der Waals surface area contributed by atoms with Crippen molar-refractivity contribution in [1.82, 2.24) is 0 Å². The van der Waals surface area contributed by atoms with Gasteiger partial charge >= 0.3 is 0 Å². The summed E-state index contributed by atoms with van der Waals surface area (Å²) in [6.45, 7) is 4.41. The summed E-state index contributed by atoms with van der Waals surface area (Å²) in [5, 5.41) is 19.7. The van der Waals surface area contributed by atoms with Crippen LogP contribution in [0.3, 0.4) is 0 Å². The van der Waals surface area contributed by atoms with Gasteiger partial charge in [0.05, 0.1) is 0 Å². The molecule has 0 radical (unpaired) electrons. The van der Waals surface area contributed by atoms with E-state index < -0.39 is 0 Å². The van der Waals surface area contributed by atoms with E-state index in [1.807, 2.05) is 0 Å². The topological polar surface area (TPSA) is 0 Å². The number of hydrogen-bond acceptors (Lipinski definition) is 0. The van der Waals surface area contributed by atoms with Crippen molar-refractivity contribution in [2.24, 2.45) is 0 Å². The molecule has 0 bridgehead atoms. The Bertz CT molecular complexity index is 5490. The lowest BCUT2D eigenvalue weighted by Gasteiger charge is -2.29. The van der Waals surface area contributed by atoms with Crippen LogP contribution >= 0.6 is 0 Å². The molecule has 19 aromatic carbocycles. The Morgan fingerprint density at radius 1 is 0.120 bits per heavy atom. The Kier molecular flexibility index (Phi) is 14.1. The van der Waals surface area contributed by atoms with Crippen molar-refractivity contribution in [3.05, 3.63) is 375 Å². The molecule has 0 aromatic heterocycles. The van der Waals surface area contributed by atoms with Crippen molar-refractivity contribution in [1.29, 1.82) is 0 Å². The molecule has 0 nitrogen and oxygen atoms in total. The van der Waals surface area contributed by atoms with Gasteiger partial charge in [0.25, 0.3) is 0 Å². The molecule has 0 aliphatic rings. The minimum Gasteiger partial charge on any atom is -0.0616 e. The van der Waals surface area contributed by atoms with E-state index in [0.29, 0.717) is 0 Å². The molecular formula is C100H66. The van der Waals surface area contributed by atoms with Gasteiger partial charge in [0, 0.05) is 0 Å². The predicted octanol–water partition coefficient (Wildman–Crippen LogP) is 28.2. The number of hydrogen-bond donors (Lipinski definition) is 0. The molecule has 0 aliphatic heterocycles. The maximum atomic E-state index is 2.42. The zero-order valence-electron chi connectivity index (χ0n) is 55.6. The second-order valence-corrected chi connectivity index (χ2v) is 27.1. The monoisotopic (exact) mass is 1270 g/mol. The number of fused-ring (bicyclic) bond motifs is 8. The Balaban J connectivity index is 0.950. The second kappa shape index (κ2) is 24.1. The van der Waals surface area contributed by atoms with Crippen LogP contribution in [0.15, 0.2) is 364 Å². The molecule has 0 aliphatic carbocycles. The van der Waals surface area contributed by atoms with E-state index in [4.69, 9.17) is 0 Å². The maximum Gasteiger partial charge on any atom is -0.00139 e. The van der Waals surface area contributed by atoms with Crippen molar-refractivity contribution in [3.8, 4) is 111 Å². The summed E-state index contributed by atoms with van der Waals surface area (Å²) in [6.07, 6.45) is 0. The second-order valence-electron chi connectivity index (χ2n) is 27.1. The first kappa shape index (κ1) is 58.6. The third-order valence-electron chi connectivity index (χ3n) is 21.1. The van der Waals surface area contributed by atoms with Crippen LogP contribution in [-0.4, -0.2) is 0 Å². The van der Waals surface area contributed by atoms with Gasteiger partial charge in [-0.3, -0.25) is 0 Å². The van der Waals surface area contributed by atoms with E-state index in [1.54, 1.807) is 0 Å².